The largest absolute Gasteiger partial charge is 0.484 e. The lowest BCUT2D eigenvalue weighted by molar-refractivity contribution is -0.123. The van der Waals surface area contributed by atoms with E-state index in [1.807, 2.05) is 38.1 Å². The van der Waals surface area contributed by atoms with Gasteiger partial charge in [0.05, 0.1) is 6.10 Å². The Balaban J connectivity index is 2.39. The van der Waals surface area contributed by atoms with Crippen LogP contribution in [0.15, 0.2) is 24.3 Å². The lowest BCUT2D eigenvalue weighted by Crippen LogP contribution is -2.37. The van der Waals surface area contributed by atoms with Crippen molar-refractivity contribution in [1.82, 2.24) is 5.32 Å². The zero-order valence-corrected chi connectivity index (χ0v) is 12.7. The first-order chi connectivity index (χ1) is 9.40. The van der Waals surface area contributed by atoms with Gasteiger partial charge in [0, 0.05) is 6.54 Å². The number of ether oxygens (including phenoxy) is 1. The van der Waals surface area contributed by atoms with Gasteiger partial charge in [-0.1, -0.05) is 39.8 Å². The summed E-state index contributed by atoms with van der Waals surface area (Å²) in [6.45, 7) is 8.26. The average Bonchev–Trinajstić information content (AvgIpc) is 2.42. The minimum atomic E-state index is -0.525. The molecule has 0 fully saturated rings. The van der Waals surface area contributed by atoms with Gasteiger partial charge >= 0.3 is 0 Å². The first-order valence-electron chi connectivity index (χ1n) is 7.07. The van der Waals surface area contributed by atoms with E-state index in [1.165, 1.54) is 5.56 Å². The number of hydrogen-bond donors (Lipinski definition) is 2. The molecule has 2 N–H and O–H groups in total. The highest BCUT2D eigenvalue weighted by Crippen LogP contribution is 2.19. The van der Waals surface area contributed by atoms with Gasteiger partial charge in [0.25, 0.3) is 5.91 Å². The van der Waals surface area contributed by atoms with Gasteiger partial charge in [-0.05, 0) is 29.5 Å². The van der Waals surface area contributed by atoms with Gasteiger partial charge in [-0.2, -0.15) is 0 Å². The zero-order chi connectivity index (χ0) is 15.1. The molecule has 4 heteroatoms. The molecule has 0 aromatic heterocycles. The topological polar surface area (TPSA) is 58.6 Å². The van der Waals surface area contributed by atoms with E-state index in [1.54, 1.807) is 0 Å². The van der Waals surface area contributed by atoms with Crippen molar-refractivity contribution < 1.29 is 14.6 Å². The van der Waals surface area contributed by atoms with Crippen LogP contribution in [0.25, 0.3) is 0 Å². The van der Waals surface area contributed by atoms with Crippen LogP contribution in [0.4, 0.5) is 0 Å². The molecule has 1 rings (SSSR count). The number of rotatable bonds is 7. The first-order valence-corrected chi connectivity index (χ1v) is 7.07. The van der Waals surface area contributed by atoms with Crippen LogP contribution >= 0.6 is 0 Å². The molecule has 0 saturated carbocycles. The third-order valence-electron chi connectivity index (χ3n) is 3.17. The third-order valence-corrected chi connectivity index (χ3v) is 3.17. The number of carbonyl (C=O) groups excluding carboxylic acids is 1. The Bertz CT molecular complexity index is 429. The molecule has 0 aliphatic heterocycles. The third kappa shape index (κ3) is 5.61. The summed E-state index contributed by atoms with van der Waals surface area (Å²) in [5.41, 5.74) is 1.18. The van der Waals surface area contributed by atoms with Crippen LogP contribution in [0.3, 0.4) is 0 Å². The molecule has 1 aromatic carbocycles. The summed E-state index contributed by atoms with van der Waals surface area (Å²) in [4.78, 5) is 11.6. The summed E-state index contributed by atoms with van der Waals surface area (Å²) in [5.74, 6) is 1.02. The monoisotopic (exact) mass is 279 g/mol. The highest BCUT2D eigenvalue weighted by atomic mass is 16.5. The van der Waals surface area contributed by atoms with E-state index in [2.05, 4.69) is 19.2 Å². The van der Waals surface area contributed by atoms with Crippen LogP contribution in [-0.2, 0) is 4.79 Å². The number of nitrogens with one attached hydrogen (secondary N) is 1. The highest BCUT2D eigenvalue weighted by Gasteiger charge is 2.11. The van der Waals surface area contributed by atoms with Crippen molar-refractivity contribution >= 4 is 5.91 Å². The molecule has 0 bridgehead atoms. The van der Waals surface area contributed by atoms with Gasteiger partial charge in [0.1, 0.15) is 5.75 Å². The van der Waals surface area contributed by atoms with E-state index in [9.17, 15) is 9.90 Å². The molecule has 1 aromatic rings. The molecule has 0 spiro atoms. The maximum absolute atomic E-state index is 11.6. The molecular formula is C16H25NO3. The number of aliphatic hydroxyl groups excluding tert-OH is 1. The molecule has 1 amide bonds. The van der Waals surface area contributed by atoms with Gasteiger partial charge in [0.2, 0.25) is 0 Å². The van der Waals surface area contributed by atoms with Gasteiger partial charge in [0.15, 0.2) is 6.61 Å². The molecule has 4 nitrogen and oxygen atoms in total. The quantitative estimate of drug-likeness (QED) is 0.805. The average molecular weight is 279 g/mol. The fourth-order valence-electron chi connectivity index (χ4n) is 1.62. The lowest BCUT2D eigenvalue weighted by Gasteiger charge is -2.15. The summed E-state index contributed by atoms with van der Waals surface area (Å²) in [6, 6.07) is 7.74. The van der Waals surface area contributed by atoms with Crippen LogP contribution < -0.4 is 10.1 Å². The Morgan fingerprint density at radius 2 is 2.00 bits per heavy atom. The normalized spacial score (nSPS) is 12.6. The Kier molecular flexibility index (Phi) is 6.52. The molecule has 0 aliphatic rings. The molecule has 1 unspecified atom stereocenters. The minimum absolute atomic E-state index is 0.0354. The van der Waals surface area contributed by atoms with Crippen molar-refractivity contribution in [2.24, 2.45) is 5.92 Å². The van der Waals surface area contributed by atoms with Crippen LogP contribution in [0.5, 0.6) is 5.75 Å². The Labute approximate surface area is 121 Å². The Morgan fingerprint density at radius 3 is 2.60 bits per heavy atom. The van der Waals surface area contributed by atoms with Crippen molar-refractivity contribution in [3.05, 3.63) is 29.8 Å². The highest BCUT2D eigenvalue weighted by molar-refractivity contribution is 5.77. The maximum atomic E-state index is 11.6. The van der Waals surface area contributed by atoms with E-state index in [0.29, 0.717) is 11.7 Å². The van der Waals surface area contributed by atoms with E-state index in [-0.39, 0.29) is 25.0 Å². The van der Waals surface area contributed by atoms with Crippen molar-refractivity contribution in [3.63, 3.8) is 0 Å². The second-order valence-electron chi connectivity index (χ2n) is 5.63. The SMILES string of the molecule is CC(C)c1cccc(OCC(=O)NCC(O)C(C)C)c1. The first kappa shape index (κ1) is 16.5. The number of amides is 1. The van der Waals surface area contributed by atoms with Crippen LogP contribution in [0.1, 0.15) is 39.2 Å². The van der Waals surface area contributed by atoms with E-state index >= 15 is 0 Å². The summed E-state index contributed by atoms with van der Waals surface area (Å²) in [5, 5.41) is 12.3. The number of aliphatic hydroxyl groups is 1. The summed E-state index contributed by atoms with van der Waals surface area (Å²) in [7, 11) is 0. The number of hydrogen-bond acceptors (Lipinski definition) is 3. The molecule has 20 heavy (non-hydrogen) atoms. The Morgan fingerprint density at radius 1 is 1.30 bits per heavy atom. The Hall–Kier alpha value is -1.55. The molecule has 0 radical (unpaired) electrons. The predicted octanol–water partition coefficient (Wildman–Crippen LogP) is 2.32. The minimum Gasteiger partial charge on any atom is -0.484 e. The molecular weight excluding hydrogens is 254 g/mol. The van der Waals surface area contributed by atoms with Crippen molar-refractivity contribution in [2.45, 2.75) is 39.7 Å². The smallest absolute Gasteiger partial charge is 0.258 e. The summed E-state index contributed by atoms with van der Waals surface area (Å²) < 4.78 is 5.46. The van der Waals surface area contributed by atoms with Gasteiger partial charge < -0.3 is 15.2 Å². The molecule has 0 heterocycles. The van der Waals surface area contributed by atoms with E-state index < -0.39 is 6.10 Å². The number of benzene rings is 1. The predicted molar refractivity (Wildman–Crippen MR) is 79.9 cm³/mol. The maximum Gasteiger partial charge on any atom is 0.258 e. The van der Waals surface area contributed by atoms with Crippen LogP contribution in [0.2, 0.25) is 0 Å². The van der Waals surface area contributed by atoms with Crippen LogP contribution in [-0.4, -0.2) is 30.3 Å². The summed E-state index contributed by atoms with van der Waals surface area (Å²) in [6.07, 6.45) is -0.525. The van der Waals surface area contributed by atoms with Crippen molar-refractivity contribution in [3.8, 4) is 5.75 Å². The van der Waals surface area contributed by atoms with Crippen molar-refractivity contribution in [2.75, 3.05) is 13.2 Å². The van der Waals surface area contributed by atoms with E-state index in [4.69, 9.17) is 4.74 Å². The van der Waals surface area contributed by atoms with E-state index in [0.717, 1.165) is 0 Å². The lowest BCUT2D eigenvalue weighted by atomic mass is 10.0. The van der Waals surface area contributed by atoms with Crippen LogP contribution in [0, 0.1) is 5.92 Å². The second kappa shape index (κ2) is 7.90. The second-order valence-corrected chi connectivity index (χ2v) is 5.63. The van der Waals surface area contributed by atoms with Gasteiger partial charge in [-0.15, -0.1) is 0 Å². The molecule has 0 aliphatic carbocycles. The van der Waals surface area contributed by atoms with Gasteiger partial charge in [-0.3, -0.25) is 4.79 Å². The molecule has 1 atom stereocenters. The zero-order valence-electron chi connectivity index (χ0n) is 12.7. The van der Waals surface area contributed by atoms with Gasteiger partial charge in [-0.25, -0.2) is 0 Å². The summed E-state index contributed by atoms with van der Waals surface area (Å²) >= 11 is 0. The fraction of sp³-hybridized carbons (Fsp3) is 0.562. The fourth-order valence-corrected chi connectivity index (χ4v) is 1.62. The standard InChI is InChI=1S/C16H25NO3/c1-11(2)13-6-5-7-14(8-13)20-10-16(19)17-9-15(18)12(3)4/h5-8,11-12,15,18H,9-10H2,1-4H3,(H,17,19). The number of carbonyl (C=O) groups is 1. The van der Waals surface area contributed by atoms with Crippen molar-refractivity contribution in [1.29, 1.82) is 0 Å². The molecule has 112 valence electrons. The molecule has 0 saturated heterocycles.